The van der Waals surface area contributed by atoms with Crippen LogP contribution in [0, 0.1) is 0 Å². The van der Waals surface area contributed by atoms with Crippen molar-refractivity contribution in [3.63, 3.8) is 0 Å². The Hall–Kier alpha value is -1.89. The molecule has 0 fully saturated rings. The van der Waals surface area contributed by atoms with Gasteiger partial charge >= 0.3 is 6.18 Å². The second kappa shape index (κ2) is 4.77. The Labute approximate surface area is 101 Å². The molecule has 2 rings (SSSR count). The van der Waals surface area contributed by atoms with Gasteiger partial charge in [0, 0.05) is 0 Å². The van der Waals surface area contributed by atoms with Crippen LogP contribution in [0.4, 0.5) is 13.2 Å². The number of hydrogen-bond acceptors (Lipinski definition) is 3. The standard InChI is InChI=1S/C11H10F3N3O/c12-11(13,14)9-3-1-2-8(4-9)5-17-10(6-18)15-7-16-17/h1-4,7,18H,5-6H2. The van der Waals surface area contributed by atoms with Crippen LogP contribution in [0.2, 0.25) is 0 Å². The molecule has 0 unspecified atom stereocenters. The number of rotatable bonds is 3. The van der Waals surface area contributed by atoms with Crippen molar-refractivity contribution in [1.82, 2.24) is 14.8 Å². The number of halogens is 3. The average Bonchev–Trinajstić information content (AvgIpc) is 2.75. The molecule has 1 N–H and O–H groups in total. The van der Waals surface area contributed by atoms with Crippen LogP contribution in [0.1, 0.15) is 17.0 Å². The second-order valence-corrected chi connectivity index (χ2v) is 3.69. The largest absolute Gasteiger partial charge is 0.416 e. The highest BCUT2D eigenvalue weighted by atomic mass is 19.4. The van der Waals surface area contributed by atoms with Crippen molar-refractivity contribution in [3.05, 3.63) is 47.5 Å². The highest BCUT2D eigenvalue weighted by Gasteiger charge is 2.30. The zero-order valence-corrected chi connectivity index (χ0v) is 9.22. The van der Waals surface area contributed by atoms with Crippen molar-refractivity contribution in [2.75, 3.05) is 0 Å². The molecule has 0 atom stereocenters. The number of nitrogens with zero attached hydrogens (tertiary/aromatic N) is 3. The van der Waals surface area contributed by atoms with Crippen molar-refractivity contribution in [3.8, 4) is 0 Å². The van der Waals surface area contributed by atoms with E-state index in [1.54, 1.807) is 6.07 Å². The molecule has 0 bridgehead atoms. The fourth-order valence-electron chi connectivity index (χ4n) is 1.56. The molecule has 0 saturated heterocycles. The van der Waals surface area contributed by atoms with Crippen LogP contribution in [-0.4, -0.2) is 19.9 Å². The Kier molecular flexibility index (Phi) is 3.33. The van der Waals surface area contributed by atoms with E-state index in [0.717, 1.165) is 12.1 Å². The monoisotopic (exact) mass is 257 g/mol. The summed E-state index contributed by atoms with van der Waals surface area (Å²) in [5.41, 5.74) is -0.254. The Bertz CT molecular complexity index is 536. The topological polar surface area (TPSA) is 50.9 Å². The van der Waals surface area contributed by atoms with Gasteiger partial charge in [0.25, 0.3) is 0 Å². The molecule has 96 valence electrons. The Morgan fingerprint density at radius 2 is 2.06 bits per heavy atom. The number of benzene rings is 1. The van der Waals surface area contributed by atoms with E-state index in [0.29, 0.717) is 11.4 Å². The lowest BCUT2D eigenvalue weighted by atomic mass is 10.1. The third kappa shape index (κ3) is 2.67. The number of aliphatic hydroxyl groups excluding tert-OH is 1. The fraction of sp³-hybridized carbons (Fsp3) is 0.273. The van der Waals surface area contributed by atoms with Crippen molar-refractivity contribution < 1.29 is 18.3 Å². The summed E-state index contributed by atoms with van der Waals surface area (Å²) in [4.78, 5) is 3.78. The van der Waals surface area contributed by atoms with E-state index >= 15 is 0 Å². The molecule has 1 aromatic carbocycles. The van der Waals surface area contributed by atoms with Crippen molar-refractivity contribution in [2.24, 2.45) is 0 Å². The van der Waals surface area contributed by atoms with Gasteiger partial charge in [0.1, 0.15) is 12.9 Å². The van der Waals surface area contributed by atoms with Gasteiger partial charge in [-0.1, -0.05) is 12.1 Å². The van der Waals surface area contributed by atoms with E-state index in [1.807, 2.05) is 0 Å². The number of alkyl halides is 3. The minimum Gasteiger partial charge on any atom is -0.388 e. The first-order valence-corrected chi connectivity index (χ1v) is 5.14. The summed E-state index contributed by atoms with van der Waals surface area (Å²) in [6, 6.07) is 4.98. The fourth-order valence-corrected chi connectivity index (χ4v) is 1.56. The first-order chi connectivity index (χ1) is 8.50. The van der Waals surface area contributed by atoms with Crippen LogP contribution in [0.3, 0.4) is 0 Å². The van der Waals surface area contributed by atoms with Crippen LogP contribution in [0.25, 0.3) is 0 Å². The molecule has 0 radical (unpaired) electrons. The van der Waals surface area contributed by atoms with Gasteiger partial charge in [-0.2, -0.15) is 18.3 Å². The normalized spacial score (nSPS) is 11.8. The quantitative estimate of drug-likeness (QED) is 0.912. The van der Waals surface area contributed by atoms with Gasteiger partial charge in [0.05, 0.1) is 12.1 Å². The molecule has 0 aliphatic carbocycles. The minimum absolute atomic E-state index is 0.139. The highest BCUT2D eigenvalue weighted by Crippen LogP contribution is 2.29. The Morgan fingerprint density at radius 1 is 1.28 bits per heavy atom. The smallest absolute Gasteiger partial charge is 0.388 e. The summed E-state index contributed by atoms with van der Waals surface area (Å²) in [5.74, 6) is 0.312. The third-order valence-electron chi connectivity index (χ3n) is 2.42. The molecular weight excluding hydrogens is 247 g/mol. The molecule has 0 spiro atoms. The summed E-state index contributed by atoms with van der Waals surface area (Å²) < 4.78 is 38.9. The van der Waals surface area contributed by atoms with Crippen molar-refractivity contribution >= 4 is 0 Å². The van der Waals surface area contributed by atoms with Crippen LogP contribution in [-0.2, 0) is 19.3 Å². The lowest BCUT2D eigenvalue weighted by molar-refractivity contribution is -0.137. The molecule has 1 aromatic heterocycles. The first kappa shape index (κ1) is 12.6. The number of hydrogen-bond donors (Lipinski definition) is 1. The Morgan fingerprint density at radius 3 is 2.72 bits per heavy atom. The molecule has 18 heavy (non-hydrogen) atoms. The van der Waals surface area contributed by atoms with Crippen molar-refractivity contribution in [1.29, 1.82) is 0 Å². The van der Waals surface area contributed by atoms with Gasteiger partial charge in [-0.25, -0.2) is 9.67 Å². The van der Waals surface area contributed by atoms with Gasteiger partial charge in [0.2, 0.25) is 0 Å². The molecule has 0 saturated carbocycles. The lowest BCUT2D eigenvalue weighted by Crippen LogP contribution is -2.09. The van der Waals surface area contributed by atoms with Gasteiger partial charge in [-0.3, -0.25) is 0 Å². The molecule has 2 aromatic rings. The maximum Gasteiger partial charge on any atom is 0.416 e. The SMILES string of the molecule is OCc1ncnn1Cc1cccc(C(F)(F)F)c1. The highest BCUT2D eigenvalue weighted by molar-refractivity contribution is 5.25. The Balaban J connectivity index is 2.25. The van der Waals surface area contributed by atoms with Crippen LogP contribution >= 0.6 is 0 Å². The van der Waals surface area contributed by atoms with Gasteiger partial charge in [0.15, 0.2) is 5.82 Å². The molecule has 1 heterocycles. The molecular formula is C11H10F3N3O. The van der Waals surface area contributed by atoms with Gasteiger partial charge in [-0.15, -0.1) is 0 Å². The first-order valence-electron chi connectivity index (χ1n) is 5.14. The van der Waals surface area contributed by atoms with Crippen LogP contribution < -0.4 is 0 Å². The minimum atomic E-state index is -4.36. The van der Waals surface area contributed by atoms with Crippen molar-refractivity contribution in [2.45, 2.75) is 19.3 Å². The number of aliphatic hydroxyl groups is 1. The zero-order valence-electron chi connectivity index (χ0n) is 9.22. The third-order valence-corrected chi connectivity index (χ3v) is 2.42. The predicted octanol–water partition coefficient (Wildman–Crippen LogP) is 1.84. The molecule has 4 nitrogen and oxygen atoms in total. The maximum absolute atomic E-state index is 12.5. The van der Waals surface area contributed by atoms with E-state index in [4.69, 9.17) is 5.11 Å². The summed E-state index contributed by atoms with van der Waals surface area (Å²) in [6.45, 7) is -0.168. The zero-order chi connectivity index (χ0) is 13.2. The van der Waals surface area contributed by atoms with Gasteiger partial charge in [-0.05, 0) is 17.7 Å². The number of aromatic nitrogens is 3. The summed E-state index contributed by atoms with van der Waals surface area (Å²) >= 11 is 0. The van der Waals surface area contributed by atoms with Crippen LogP contribution in [0.15, 0.2) is 30.6 Å². The second-order valence-electron chi connectivity index (χ2n) is 3.69. The van der Waals surface area contributed by atoms with E-state index in [-0.39, 0.29) is 13.2 Å². The average molecular weight is 257 g/mol. The summed E-state index contributed by atoms with van der Waals surface area (Å²) in [6.07, 6.45) is -3.11. The van der Waals surface area contributed by atoms with E-state index < -0.39 is 11.7 Å². The van der Waals surface area contributed by atoms with E-state index in [9.17, 15) is 13.2 Å². The van der Waals surface area contributed by atoms with E-state index in [2.05, 4.69) is 10.1 Å². The predicted molar refractivity (Wildman–Crippen MR) is 56.5 cm³/mol. The molecule has 0 amide bonds. The maximum atomic E-state index is 12.5. The lowest BCUT2D eigenvalue weighted by Gasteiger charge is -2.09. The van der Waals surface area contributed by atoms with Crippen LogP contribution in [0.5, 0.6) is 0 Å². The molecule has 7 heteroatoms. The van der Waals surface area contributed by atoms with Gasteiger partial charge < -0.3 is 5.11 Å². The molecule has 0 aliphatic heterocycles. The summed E-state index contributed by atoms with van der Waals surface area (Å²) in [5, 5.41) is 12.8. The summed E-state index contributed by atoms with van der Waals surface area (Å²) in [7, 11) is 0. The molecule has 0 aliphatic rings. The van der Waals surface area contributed by atoms with E-state index in [1.165, 1.54) is 17.1 Å².